The third-order valence-electron chi connectivity index (χ3n) is 0.870. The van der Waals surface area contributed by atoms with E-state index in [0.29, 0.717) is 0 Å². The van der Waals surface area contributed by atoms with Crippen molar-refractivity contribution >= 4 is 0 Å². The van der Waals surface area contributed by atoms with E-state index in [1.54, 1.807) is 0 Å². The van der Waals surface area contributed by atoms with Gasteiger partial charge in [-0.05, 0) is 0 Å². The molecule has 0 spiro atoms. The second-order valence-electron chi connectivity index (χ2n) is 1.75. The van der Waals surface area contributed by atoms with E-state index in [-0.39, 0.29) is 32.7 Å². The molecule has 1 aromatic rings. The maximum Gasteiger partial charge on any atom is 0.0218 e. The van der Waals surface area contributed by atoms with Gasteiger partial charge in [0.15, 0.2) is 0 Å². The fourth-order valence-electron chi connectivity index (χ4n) is 0.550. The SMILES string of the molecule is Cc1cc(C)n[c-]n1.[Y]. The van der Waals surface area contributed by atoms with Gasteiger partial charge in [0.05, 0.1) is 0 Å². The van der Waals surface area contributed by atoms with Gasteiger partial charge in [-0.25, -0.2) is 0 Å². The molecule has 0 saturated carbocycles. The Bertz CT molecular complexity index is 171. The molecule has 0 unspecified atom stereocenters. The zero-order valence-corrected chi connectivity index (χ0v) is 8.39. The Morgan fingerprint density at radius 1 is 1.22 bits per heavy atom. The predicted octanol–water partition coefficient (Wildman–Crippen LogP) is 0.891. The second kappa shape index (κ2) is 4.07. The number of rotatable bonds is 0. The molecule has 0 aliphatic carbocycles. The molecule has 0 saturated heterocycles. The Morgan fingerprint density at radius 2 is 1.67 bits per heavy atom. The summed E-state index contributed by atoms with van der Waals surface area (Å²) < 4.78 is 0. The van der Waals surface area contributed by atoms with Crippen molar-refractivity contribution in [3.8, 4) is 0 Å². The van der Waals surface area contributed by atoms with E-state index in [0.717, 1.165) is 11.4 Å². The van der Waals surface area contributed by atoms with Gasteiger partial charge < -0.3 is 9.97 Å². The van der Waals surface area contributed by atoms with Crippen molar-refractivity contribution in [3.63, 3.8) is 0 Å². The summed E-state index contributed by atoms with van der Waals surface area (Å²) in [6.45, 7) is 3.84. The Labute approximate surface area is 80.0 Å². The number of aryl methyl sites for hydroxylation is 2. The average Bonchev–Trinajstić information content (AvgIpc) is 1.64. The Balaban J connectivity index is 0.000000640. The van der Waals surface area contributed by atoms with Gasteiger partial charge in [-0.1, -0.05) is 25.2 Å². The summed E-state index contributed by atoms with van der Waals surface area (Å²) in [7, 11) is 0. The van der Waals surface area contributed by atoms with Gasteiger partial charge in [0, 0.05) is 39.0 Å². The van der Waals surface area contributed by atoms with Crippen LogP contribution in [-0.2, 0) is 32.7 Å². The first-order valence-corrected chi connectivity index (χ1v) is 2.47. The van der Waals surface area contributed by atoms with Crippen molar-refractivity contribution < 1.29 is 32.7 Å². The first kappa shape index (κ1) is 9.18. The van der Waals surface area contributed by atoms with E-state index < -0.39 is 0 Å². The Morgan fingerprint density at radius 3 is 1.89 bits per heavy atom. The number of aromatic nitrogens is 2. The van der Waals surface area contributed by atoms with Crippen LogP contribution in [0.5, 0.6) is 0 Å². The second-order valence-corrected chi connectivity index (χ2v) is 1.75. The molecule has 45 valence electrons. The van der Waals surface area contributed by atoms with Crippen molar-refractivity contribution in [3.05, 3.63) is 23.8 Å². The van der Waals surface area contributed by atoms with E-state index in [9.17, 15) is 0 Å². The number of hydrogen-bond donors (Lipinski definition) is 0. The molecule has 0 aromatic carbocycles. The van der Waals surface area contributed by atoms with E-state index in [1.807, 2.05) is 19.9 Å². The summed E-state index contributed by atoms with van der Waals surface area (Å²) in [4.78, 5) is 7.61. The molecule has 1 radical (unpaired) electrons. The van der Waals surface area contributed by atoms with E-state index in [2.05, 4.69) is 16.3 Å². The first-order chi connectivity index (χ1) is 3.79. The van der Waals surface area contributed by atoms with Crippen LogP contribution in [0.1, 0.15) is 11.4 Å². The largest absolute Gasteiger partial charge is 0.371 e. The van der Waals surface area contributed by atoms with Crippen LogP contribution in [0.25, 0.3) is 0 Å². The van der Waals surface area contributed by atoms with Gasteiger partial charge in [-0.2, -0.15) is 0 Å². The van der Waals surface area contributed by atoms with Gasteiger partial charge in [0.1, 0.15) is 0 Å². The average molecular weight is 196 g/mol. The molecule has 0 aliphatic rings. The van der Waals surface area contributed by atoms with Gasteiger partial charge in [-0.3, -0.25) is 0 Å². The summed E-state index contributed by atoms with van der Waals surface area (Å²) in [5, 5.41) is 0. The Hall–Kier alpha value is 0.184. The summed E-state index contributed by atoms with van der Waals surface area (Å²) in [6, 6.07) is 1.91. The minimum atomic E-state index is 0. The monoisotopic (exact) mass is 196 g/mol. The van der Waals surface area contributed by atoms with Crippen LogP contribution >= 0.6 is 0 Å². The van der Waals surface area contributed by atoms with Crippen LogP contribution in [0.2, 0.25) is 0 Å². The van der Waals surface area contributed by atoms with Crippen LogP contribution < -0.4 is 0 Å². The maximum absolute atomic E-state index is 3.80. The summed E-state index contributed by atoms with van der Waals surface area (Å²) in [5.74, 6) is 0. The van der Waals surface area contributed by atoms with E-state index in [1.165, 1.54) is 0 Å². The molecular formula is C6H7N2Y-. The molecule has 1 aromatic heterocycles. The van der Waals surface area contributed by atoms with Crippen LogP contribution in [0.4, 0.5) is 0 Å². The van der Waals surface area contributed by atoms with Crippen LogP contribution in [-0.4, -0.2) is 9.97 Å². The van der Waals surface area contributed by atoms with Crippen molar-refractivity contribution in [1.82, 2.24) is 9.97 Å². The predicted molar refractivity (Wildman–Crippen MR) is 30.3 cm³/mol. The van der Waals surface area contributed by atoms with E-state index >= 15 is 0 Å². The van der Waals surface area contributed by atoms with Crippen LogP contribution in [0.15, 0.2) is 6.07 Å². The van der Waals surface area contributed by atoms with Gasteiger partial charge in [-0.15, -0.1) is 6.07 Å². The maximum atomic E-state index is 3.80. The fraction of sp³-hybridized carbons (Fsp3) is 0.333. The molecule has 0 bridgehead atoms. The molecule has 1 rings (SSSR count). The molecule has 0 fully saturated rings. The minimum absolute atomic E-state index is 0. The molecule has 9 heavy (non-hydrogen) atoms. The topological polar surface area (TPSA) is 25.8 Å². The van der Waals surface area contributed by atoms with Crippen molar-refractivity contribution in [1.29, 1.82) is 0 Å². The van der Waals surface area contributed by atoms with Gasteiger partial charge >= 0.3 is 0 Å². The molecule has 0 aliphatic heterocycles. The van der Waals surface area contributed by atoms with Crippen molar-refractivity contribution in [2.45, 2.75) is 13.8 Å². The molecule has 2 nitrogen and oxygen atoms in total. The van der Waals surface area contributed by atoms with Crippen molar-refractivity contribution in [2.75, 3.05) is 0 Å². The number of hydrogen-bond acceptors (Lipinski definition) is 2. The first-order valence-electron chi connectivity index (χ1n) is 2.47. The molecular weight excluding hydrogens is 189 g/mol. The fourth-order valence-corrected chi connectivity index (χ4v) is 0.550. The third kappa shape index (κ3) is 3.02. The quantitative estimate of drug-likeness (QED) is 0.576. The van der Waals surface area contributed by atoms with Crippen LogP contribution in [0, 0.1) is 20.2 Å². The molecule has 1 heterocycles. The number of nitrogens with zero attached hydrogens (tertiary/aromatic N) is 2. The minimum Gasteiger partial charge on any atom is -0.371 e. The Kier molecular flexibility index (Phi) is 4.16. The summed E-state index contributed by atoms with van der Waals surface area (Å²) >= 11 is 0. The molecule has 3 heteroatoms. The van der Waals surface area contributed by atoms with Crippen LogP contribution in [0.3, 0.4) is 0 Å². The van der Waals surface area contributed by atoms with Gasteiger partial charge in [0.2, 0.25) is 0 Å². The summed E-state index contributed by atoms with van der Waals surface area (Å²) in [5.41, 5.74) is 1.94. The molecule has 0 N–H and O–H groups in total. The zero-order chi connectivity index (χ0) is 5.98. The molecule has 0 amide bonds. The smallest absolute Gasteiger partial charge is 0.0218 e. The van der Waals surface area contributed by atoms with Crippen molar-refractivity contribution in [2.24, 2.45) is 0 Å². The summed E-state index contributed by atoms with van der Waals surface area (Å²) in [6.07, 6.45) is 2.53. The molecule has 0 atom stereocenters. The van der Waals surface area contributed by atoms with E-state index in [4.69, 9.17) is 0 Å². The normalized spacial score (nSPS) is 8.22. The zero-order valence-electron chi connectivity index (χ0n) is 5.55. The third-order valence-corrected chi connectivity index (χ3v) is 0.870. The standard InChI is InChI=1S/C6H7N2.Y/c1-5-3-6(2)8-4-7-5;/h3H,1-2H3;/q-1;. The van der Waals surface area contributed by atoms with Gasteiger partial charge in [0.25, 0.3) is 0 Å².